The fraction of sp³-hybridized carbons (Fsp3) is 0.647. The number of methoxy groups -OCH3 is 2. The monoisotopic (exact) mass is 570 g/mol. The standard InChI is InChI=1S/C34H58N4O3/c1-39-33-19-9-7-17-31(33)29-37-23-13-5-3-11-21-35-25-15-27-41-28-16-26-36-22-12-4-6-14-24-38-30-32-18-8-10-20-34(32)40-2/h7-10,17-20,35-38H,3-6,11-16,21-30H2,1-2H3. The lowest BCUT2D eigenvalue weighted by molar-refractivity contribution is 0.129. The Balaban J connectivity index is 1.21. The van der Waals surface area contributed by atoms with Gasteiger partial charge in [0.1, 0.15) is 11.5 Å². The van der Waals surface area contributed by atoms with Gasteiger partial charge < -0.3 is 35.5 Å². The Morgan fingerprint density at radius 3 is 1.22 bits per heavy atom. The molecule has 232 valence electrons. The third-order valence-corrected chi connectivity index (χ3v) is 7.21. The minimum absolute atomic E-state index is 0.857. The lowest BCUT2D eigenvalue weighted by Gasteiger charge is -2.09. The first-order valence-electron chi connectivity index (χ1n) is 16.0. The van der Waals surface area contributed by atoms with Crippen molar-refractivity contribution in [3.8, 4) is 11.5 Å². The molecule has 0 atom stereocenters. The summed E-state index contributed by atoms with van der Waals surface area (Å²) in [6.07, 6.45) is 12.3. The van der Waals surface area contributed by atoms with Crippen LogP contribution >= 0.6 is 0 Å². The van der Waals surface area contributed by atoms with E-state index >= 15 is 0 Å². The van der Waals surface area contributed by atoms with Gasteiger partial charge in [0.2, 0.25) is 0 Å². The Morgan fingerprint density at radius 1 is 0.439 bits per heavy atom. The number of nitrogens with one attached hydrogen (secondary N) is 4. The van der Waals surface area contributed by atoms with Gasteiger partial charge in [-0.05, 0) is 89.9 Å². The van der Waals surface area contributed by atoms with Crippen molar-refractivity contribution in [3.63, 3.8) is 0 Å². The maximum Gasteiger partial charge on any atom is 0.123 e. The van der Waals surface area contributed by atoms with E-state index in [0.717, 1.165) is 89.9 Å². The molecule has 7 heteroatoms. The van der Waals surface area contributed by atoms with Crippen LogP contribution in [0.2, 0.25) is 0 Å². The summed E-state index contributed by atoms with van der Waals surface area (Å²) >= 11 is 0. The maximum absolute atomic E-state index is 5.78. The highest BCUT2D eigenvalue weighted by Gasteiger charge is 2.01. The van der Waals surface area contributed by atoms with Gasteiger partial charge in [-0.3, -0.25) is 0 Å². The smallest absolute Gasteiger partial charge is 0.123 e. The molecule has 0 unspecified atom stereocenters. The molecule has 41 heavy (non-hydrogen) atoms. The van der Waals surface area contributed by atoms with Crippen LogP contribution < -0.4 is 30.7 Å². The Bertz CT molecular complexity index is 798. The van der Waals surface area contributed by atoms with Crippen molar-refractivity contribution in [2.24, 2.45) is 0 Å². The van der Waals surface area contributed by atoms with Gasteiger partial charge in [0.05, 0.1) is 14.2 Å². The van der Waals surface area contributed by atoms with Gasteiger partial charge >= 0.3 is 0 Å². The zero-order valence-electron chi connectivity index (χ0n) is 26.0. The minimum Gasteiger partial charge on any atom is -0.496 e. The molecule has 0 saturated heterocycles. The normalized spacial score (nSPS) is 11.2. The molecule has 0 bridgehead atoms. The predicted molar refractivity (Wildman–Crippen MR) is 172 cm³/mol. The fourth-order valence-corrected chi connectivity index (χ4v) is 4.80. The van der Waals surface area contributed by atoms with Crippen LogP contribution in [0.15, 0.2) is 48.5 Å². The van der Waals surface area contributed by atoms with Crippen LogP contribution in [0.1, 0.15) is 75.3 Å². The van der Waals surface area contributed by atoms with Crippen molar-refractivity contribution in [3.05, 3.63) is 59.7 Å². The average molecular weight is 571 g/mol. The number of hydrogen-bond donors (Lipinski definition) is 4. The summed E-state index contributed by atoms with van der Waals surface area (Å²) in [5.41, 5.74) is 2.45. The molecule has 2 rings (SSSR count). The van der Waals surface area contributed by atoms with Crippen LogP contribution in [0, 0.1) is 0 Å². The summed E-state index contributed by atoms with van der Waals surface area (Å²) in [5.74, 6) is 1.93. The minimum atomic E-state index is 0.857. The molecule has 0 aliphatic rings. The topological polar surface area (TPSA) is 75.8 Å². The van der Waals surface area contributed by atoms with Gasteiger partial charge in [-0.1, -0.05) is 62.1 Å². The molecule has 0 heterocycles. The van der Waals surface area contributed by atoms with E-state index in [4.69, 9.17) is 14.2 Å². The summed E-state index contributed by atoms with van der Waals surface area (Å²) in [5, 5.41) is 14.2. The van der Waals surface area contributed by atoms with E-state index in [-0.39, 0.29) is 0 Å². The van der Waals surface area contributed by atoms with Crippen LogP contribution in [0.3, 0.4) is 0 Å². The van der Waals surface area contributed by atoms with E-state index < -0.39 is 0 Å². The largest absolute Gasteiger partial charge is 0.496 e. The molecular weight excluding hydrogens is 512 g/mol. The average Bonchev–Trinajstić information content (AvgIpc) is 3.01. The lowest BCUT2D eigenvalue weighted by Crippen LogP contribution is -2.20. The van der Waals surface area contributed by atoms with Gasteiger partial charge in [0.15, 0.2) is 0 Å². The summed E-state index contributed by atoms with van der Waals surface area (Å²) in [6.45, 7) is 9.89. The quantitative estimate of drug-likeness (QED) is 0.0981. The van der Waals surface area contributed by atoms with Gasteiger partial charge in [0, 0.05) is 37.4 Å². The summed E-state index contributed by atoms with van der Waals surface area (Å²) in [4.78, 5) is 0. The highest BCUT2D eigenvalue weighted by Crippen LogP contribution is 2.17. The number of para-hydroxylation sites is 2. The Hall–Kier alpha value is -2.16. The van der Waals surface area contributed by atoms with Crippen LogP contribution in [0.4, 0.5) is 0 Å². The first-order valence-corrected chi connectivity index (χ1v) is 16.0. The third-order valence-electron chi connectivity index (χ3n) is 7.21. The summed E-state index contributed by atoms with van der Waals surface area (Å²) < 4.78 is 16.6. The second-order valence-electron chi connectivity index (χ2n) is 10.6. The molecule has 0 aromatic heterocycles. The van der Waals surface area contributed by atoms with E-state index in [1.807, 2.05) is 24.3 Å². The molecule has 0 aliphatic heterocycles. The molecule has 0 amide bonds. The molecule has 2 aromatic rings. The van der Waals surface area contributed by atoms with Gasteiger partial charge in [-0.25, -0.2) is 0 Å². The van der Waals surface area contributed by atoms with Crippen LogP contribution in [-0.2, 0) is 17.8 Å². The van der Waals surface area contributed by atoms with Crippen LogP contribution in [-0.4, -0.2) is 66.7 Å². The highest BCUT2D eigenvalue weighted by atomic mass is 16.5. The van der Waals surface area contributed by atoms with E-state index in [1.165, 1.54) is 62.5 Å². The Labute approximate surface area is 250 Å². The molecule has 0 radical (unpaired) electrons. The van der Waals surface area contributed by atoms with Crippen molar-refractivity contribution in [2.45, 2.75) is 77.3 Å². The molecule has 7 nitrogen and oxygen atoms in total. The van der Waals surface area contributed by atoms with E-state index in [9.17, 15) is 0 Å². The van der Waals surface area contributed by atoms with Gasteiger partial charge in [-0.15, -0.1) is 0 Å². The van der Waals surface area contributed by atoms with Crippen LogP contribution in [0.5, 0.6) is 11.5 Å². The van der Waals surface area contributed by atoms with Crippen molar-refractivity contribution in [2.75, 3.05) is 66.7 Å². The van der Waals surface area contributed by atoms with Gasteiger partial charge in [0.25, 0.3) is 0 Å². The Kier molecular flexibility index (Phi) is 21.8. The van der Waals surface area contributed by atoms with Crippen molar-refractivity contribution in [1.29, 1.82) is 0 Å². The first kappa shape index (κ1) is 35.0. The highest BCUT2D eigenvalue weighted by molar-refractivity contribution is 5.33. The zero-order valence-corrected chi connectivity index (χ0v) is 26.0. The second-order valence-corrected chi connectivity index (χ2v) is 10.6. The maximum atomic E-state index is 5.78. The van der Waals surface area contributed by atoms with Crippen LogP contribution in [0.25, 0.3) is 0 Å². The van der Waals surface area contributed by atoms with Crippen molar-refractivity contribution >= 4 is 0 Å². The molecule has 0 aliphatic carbocycles. The molecular formula is C34H58N4O3. The Morgan fingerprint density at radius 2 is 0.805 bits per heavy atom. The molecule has 2 aromatic carbocycles. The fourth-order valence-electron chi connectivity index (χ4n) is 4.80. The lowest BCUT2D eigenvalue weighted by atomic mass is 10.1. The van der Waals surface area contributed by atoms with Gasteiger partial charge in [-0.2, -0.15) is 0 Å². The summed E-state index contributed by atoms with van der Waals surface area (Å²) in [7, 11) is 3.46. The van der Waals surface area contributed by atoms with Crippen molar-refractivity contribution < 1.29 is 14.2 Å². The zero-order chi connectivity index (χ0) is 29.1. The van der Waals surface area contributed by atoms with Crippen molar-refractivity contribution in [1.82, 2.24) is 21.3 Å². The summed E-state index contributed by atoms with van der Waals surface area (Å²) in [6, 6.07) is 16.4. The number of hydrogen-bond acceptors (Lipinski definition) is 7. The molecule has 4 N–H and O–H groups in total. The number of ether oxygens (including phenoxy) is 3. The molecule has 0 fully saturated rings. The second kappa shape index (κ2) is 25.5. The number of rotatable bonds is 28. The first-order chi connectivity index (χ1) is 20.3. The predicted octanol–water partition coefficient (Wildman–Crippen LogP) is 5.68. The van der Waals surface area contributed by atoms with E-state index in [2.05, 4.69) is 45.5 Å². The molecule has 0 spiro atoms. The van der Waals surface area contributed by atoms with E-state index in [0.29, 0.717) is 0 Å². The van der Waals surface area contributed by atoms with E-state index in [1.54, 1.807) is 14.2 Å². The molecule has 0 saturated carbocycles. The SMILES string of the molecule is COc1ccccc1CNCCCCCCNCCCOCCCNCCCCCCNCc1ccccc1OC. The number of benzene rings is 2. The number of unbranched alkanes of at least 4 members (excludes halogenated alkanes) is 6. The third kappa shape index (κ3) is 18.1.